The van der Waals surface area contributed by atoms with Gasteiger partial charge in [-0.05, 0) is 54.2 Å². The maximum absolute atomic E-state index is 12.0. The summed E-state index contributed by atoms with van der Waals surface area (Å²) in [4.78, 5) is 12.0. The molecular formula is C31H54O3. The highest BCUT2D eigenvalue weighted by molar-refractivity contribution is 5.70. The predicted molar refractivity (Wildman–Crippen MR) is 146 cm³/mol. The highest BCUT2D eigenvalue weighted by Crippen LogP contribution is 2.30. The number of phenols is 1. The number of carboxylic acid groups (broad SMARTS) is 1. The van der Waals surface area contributed by atoms with Crippen LogP contribution >= 0.6 is 0 Å². The molecule has 1 aromatic rings. The van der Waals surface area contributed by atoms with Crippen molar-refractivity contribution in [3.63, 3.8) is 0 Å². The zero-order valence-corrected chi connectivity index (χ0v) is 23.0. The SMILES string of the molecule is CCCCCCCCCCCCCCC(Cc1cc(CC(C)C)c(O)c(CC(C)C)c1)C(=O)O. The van der Waals surface area contributed by atoms with Crippen molar-refractivity contribution in [2.24, 2.45) is 17.8 Å². The Bertz CT molecular complexity index is 646. The Hall–Kier alpha value is -1.51. The van der Waals surface area contributed by atoms with Gasteiger partial charge in [0.15, 0.2) is 0 Å². The summed E-state index contributed by atoms with van der Waals surface area (Å²) in [5.41, 5.74) is 3.01. The molecule has 34 heavy (non-hydrogen) atoms. The van der Waals surface area contributed by atoms with Crippen LogP contribution in [0.2, 0.25) is 0 Å². The van der Waals surface area contributed by atoms with Crippen LogP contribution < -0.4 is 0 Å². The van der Waals surface area contributed by atoms with Gasteiger partial charge in [-0.2, -0.15) is 0 Å². The summed E-state index contributed by atoms with van der Waals surface area (Å²) in [5, 5.41) is 20.6. The number of aliphatic carboxylic acids is 1. The number of hydrogen-bond acceptors (Lipinski definition) is 2. The van der Waals surface area contributed by atoms with E-state index in [2.05, 4.69) is 46.8 Å². The molecule has 0 aliphatic carbocycles. The molecule has 0 aromatic heterocycles. The van der Waals surface area contributed by atoms with E-state index in [1.54, 1.807) is 0 Å². The highest BCUT2D eigenvalue weighted by Gasteiger charge is 2.20. The first-order valence-corrected chi connectivity index (χ1v) is 14.3. The molecule has 0 radical (unpaired) electrons. The average molecular weight is 475 g/mol. The van der Waals surface area contributed by atoms with Gasteiger partial charge in [0.05, 0.1) is 5.92 Å². The van der Waals surface area contributed by atoms with Crippen molar-refractivity contribution in [2.45, 2.75) is 137 Å². The van der Waals surface area contributed by atoms with E-state index in [0.717, 1.165) is 48.8 Å². The van der Waals surface area contributed by atoms with Crippen molar-refractivity contribution >= 4 is 5.97 Å². The second-order valence-corrected chi connectivity index (χ2v) is 11.4. The lowest BCUT2D eigenvalue weighted by atomic mass is 9.88. The minimum Gasteiger partial charge on any atom is -0.507 e. The predicted octanol–water partition coefficient (Wildman–Crippen LogP) is 9.12. The minimum absolute atomic E-state index is 0.341. The summed E-state index contributed by atoms with van der Waals surface area (Å²) in [6.45, 7) is 10.9. The van der Waals surface area contributed by atoms with Gasteiger partial charge in [-0.1, -0.05) is 124 Å². The third-order valence-electron chi connectivity index (χ3n) is 6.82. The molecule has 0 spiro atoms. The number of unbranched alkanes of at least 4 members (excludes halogenated alkanes) is 11. The van der Waals surface area contributed by atoms with Gasteiger partial charge < -0.3 is 10.2 Å². The molecular weight excluding hydrogens is 420 g/mol. The molecule has 1 rings (SSSR count). The Morgan fingerprint density at radius 3 is 1.50 bits per heavy atom. The number of carboxylic acids is 1. The van der Waals surface area contributed by atoms with Crippen molar-refractivity contribution in [2.75, 3.05) is 0 Å². The lowest BCUT2D eigenvalue weighted by Crippen LogP contribution is -2.17. The Morgan fingerprint density at radius 1 is 0.706 bits per heavy atom. The molecule has 0 saturated heterocycles. The lowest BCUT2D eigenvalue weighted by Gasteiger charge is -2.18. The van der Waals surface area contributed by atoms with E-state index in [-0.39, 0.29) is 5.92 Å². The van der Waals surface area contributed by atoms with Crippen molar-refractivity contribution < 1.29 is 15.0 Å². The van der Waals surface area contributed by atoms with Crippen LogP contribution in [-0.2, 0) is 24.1 Å². The van der Waals surface area contributed by atoms with Gasteiger partial charge in [0.1, 0.15) is 5.75 Å². The van der Waals surface area contributed by atoms with Crippen LogP contribution in [0.1, 0.15) is 135 Å². The summed E-state index contributed by atoms with van der Waals surface area (Å²) in [6.07, 6.45) is 18.5. The second-order valence-electron chi connectivity index (χ2n) is 11.4. The van der Waals surface area contributed by atoms with Gasteiger partial charge in [0.25, 0.3) is 0 Å². The maximum atomic E-state index is 12.0. The van der Waals surface area contributed by atoms with Gasteiger partial charge in [0.2, 0.25) is 0 Å². The van der Waals surface area contributed by atoms with Gasteiger partial charge in [-0.25, -0.2) is 0 Å². The summed E-state index contributed by atoms with van der Waals surface area (Å²) >= 11 is 0. The van der Waals surface area contributed by atoms with E-state index < -0.39 is 5.97 Å². The largest absolute Gasteiger partial charge is 0.507 e. The van der Waals surface area contributed by atoms with Crippen molar-refractivity contribution in [1.29, 1.82) is 0 Å². The summed E-state index contributed by atoms with van der Waals surface area (Å²) < 4.78 is 0. The molecule has 0 amide bonds. The van der Waals surface area contributed by atoms with Gasteiger partial charge in [-0.15, -0.1) is 0 Å². The van der Waals surface area contributed by atoms with Gasteiger partial charge in [0, 0.05) is 0 Å². The number of aromatic hydroxyl groups is 1. The van der Waals surface area contributed by atoms with Crippen LogP contribution in [0.3, 0.4) is 0 Å². The van der Waals surface area contributed by atoms with E-state index in [4.69, 9.17) is 0 Å². The molecule has 1 aromatic carbocycles. The third kappa shape index (κ3) is 13.4. The molecule has 3 heteroatoms. The number of phenolic OH excluding ortho intramolecular Hbond substituents is 1. The molecule has 0 saturated carbocycles. The highest BCUT2D eigenvalue weighted by atomic mass is 16.4. The van der Waals surface area contributed by atoms with Crippen LogP contribution in [0.4, 0.5) is 0 Å². The van der Waals surface area contributed by atoms with E-state index in [1.165, 1.54) is 64.2 Å². The Kier molecular flexibility index (Phi) is 16.0. The molecule has 3 nitrogen and oxygen atoms in total. The maximum Gasteiger partial charge on any atom is 0.306 e. The number of benzene rings is 1. The van der Waals surface area contributed by atoms with Crippen LogP contribution in [0.15, 0.2) is 12.1 Å². The number of hydrogen-bond donors (Lipinski definition) is 2. The lowest BCUT2D eigenvalue weighted by molar-refractivity contribution is -0.142. The summed E-state index contributed by atoms with van der Waals surface area (Å²) in [7, 11) is 0. The van der Waals surface area contributed by atoms with E-state index >= 15 is 0 Å². The first-order chi connectivity index (χ1) is 16.2. The van der Waals surface area contributed by atoms with E-state index in [9.17, 15) is 15.0 Å². The Labute approximate surface area is 210 Å². The average Bonchev–Trinajstić information content (AvgIpc) is 2.75. The topological polar surface area (TPSA) is 57.5 Å². The Morgan fingerprint density at radius 2 is 1.12 bits per heavy atom. The van der Waals surface area contributed by atoms with Crippen LogP contribution in [0, 0.1) is 17.8 Å². The fourth-order valence-electron chi connectivity index (χ4n) is 4.97. The molecule has 1 unspecified atom stereocenters. The molecule has 0 fully saturated rings. The molecule has 196 valence electrons. The standard InChI is InChI=1S/C31H54O3/c1-6-7-8-9-10-11-12-13-14-15-16-17-18-27(31(33)34)21-26-22-28(19-24(2)3)30(32)29(23-26)20-25(4)5/h22-25,27,32H,6-21H2,1-5H3,(H,33,34). The van der Waals surface area contributed by atoms with Crippen molar-refractivity contribution in [1.82, 2.24) is 0 Å². The number of rotatable bonds is 20. The summed E-state index contributed by atoms with van der Waals surface area (Å²) in [6, 6.07) is 4.11. The smallest absolute Gasteiger partial charge is 0.306 e. The zero-order chi connectivity index (χ0) is 25.3. The van der Waals surface area contributed by atoms with Crippen LogP contribution in [0.25, 0.3) is 0 Å². The fourth-order valence-corrected chi connectivity index (χ4v) is 4.97. The van der Waals surface area contributed by atoms with E-state index in [0.29, 0.717) is 24.0 Å². The first kappa shape index (κ1) is 30.5. The summed E-state index contributed by atoms with van der Waals surface area (Å²) in [5.74, 6) is 0.283. The van der Waals surface area contributed by atoms with Crippen LogP contribution in [0.5, 0.6) is 5.75 Å². The molecule has 0 bridgehead atoms. The zero-order valence-electron chi connectivity index (χ0n) is 23.0. The van der Waals surface area contributed by atoms with E-state index in [1.807, 2.05) is 0 Å². The van der Waals surface area contributed by atoms with Gasteiger partial charge >= 0.3 is 5.97 Å². The molecule has 0 aliphatic rings. The van der Waals surface area contributed by atoms with Crippen molar-refractivity contribution in [3.05, 3.63) is 28.8 Å². The normalized spacial score (nSPS) is 12.6. The van der Waals surface area contributed by atoms with Crippen LogP contribution in [-0.4, -0.2) is 16.2 Å². The molecule has 1 atom stereocenters. The minimum atomic E-state index is -0.688. The molecule has 2 N–H and O–H groups in total. The number of carbonyl (C=O) groups is 1. The Balaban J connectivity index is 2.49. The van der Waals surface area contributed by atoms with Gasteiger partial charge in [-0.3, -0.25) is 4.79 Å². The molecule has 0 aliphatic heterocycles. The van der Waals surface area contributed by atoms with Crippen molar-refractivity contribution in [3.8, 4) is 5.75 Å². The fraction of sp³-hybridized carbons (Fsp3) is 0.774. The third-order valence-corrected chi connectivity index (χ3v) is 6.82. The second kappa shape index (κ2) is 17.9. The monoisotopic (exact) mass is 474 g/mol. The molecule has 0 heterocycles. The first-order valence-electron chi connectivity index (χ1n) is 14.3. The quantitative estimate of drug-likeness (QED) is 0.185.